The zero-order valence-electron chi connectivity index (χ0n) is 31.9. The fourth-order valence-corrected chi connectivity index (χ4v) is 6.51. The van der Waals surface area contributed by atoms with Gasteiger partial charge in [-0.3, -0.25) is 20.0 Å². The molecule has 2 rings (SSSR count). The Labute approximate surface area is 302 Å². The van der Waals surface area contributed by atoms with Crippen LogP contribution in [0.25, 0.3) is 0 Å². The molecule has 49 heavy (non-hydrogen) atoms. The summed E-state index contributed by atoms with van der Waals surface area (Å²) >= 11 is 0. The maximum absolute atomic E-state index is 6.78. The minimum atomic E-state index is -0.0308. The van der Waals surface area contributed by atoms with Crippen LogP contribution in [0.2, 0.25) is 0 Å². The predicted molar refractivity (Wildman–Crippen MR) is 214 cm³/mol. The summed E-state index contributed by atoms with van der Waals surface area (Å²) in [6.45, 7) is 4.59. The summed E-state index contributed by atoms with van der Waals surface area (Å²) in [7, 11) is 0. The van der Waals surface area contributed by atoms with E-state index in [9.17, 15) is 0 Å². The van der Waals surface area contributed by atoms with Gasteiger partial charge in [-0.2, -0.15) is 0 Å². The molecule has 0 saturated heterocycles. The molecule has 276 valence electrons. The van der Waals surface area contributed by atoms with Crippen LogP contribution in [0.4, 0.5) is 11.4 Å². The molecule has 0 bridgehead atoms. The van der Waals surface area contributed by atoms with Crippen LogP contribution < -0.4 is 0 Å². The van der Waals surface area contributed by atoms with Crippen molar-refractivity contribution in [2.24, 2.45) is 9.98 Å². The van der Waals surface area contributed by atoms with Crippen LogP contribution in [0.15, 0.2) is 59.0 Å². The minimum absolute atomic E-state index is 0.0308. The molecule has 0 aliphatic carbocycles. The highest BCUT2D eigenvalue weighted by atomic mass is 16.5. The van der Waals surface area contributed by atoms with Crippen molar-refractivity contribution in [1.82, 2.24) is 9.97 Å². The van der Waals surface area contributed by atoms with Crippen molar-refractivity contribution in [3.8, 4) is 0 Å². The summed E-state index contributed by atoms with van der Waals surface area (Å²) in [6.07, 6.45) is 48.6. The Hall–Kier alpha value is -2.40. The zero-order chi connectivity index (χ0) is 34.7. The molecule has 0 N–H and O–H groups in total. The van der Waals surface area contributed by atoms with Gasteiger partial charge in [0.2, 0.25) is 0 Å². The molecule has 2 aromatic rings. The van der Waals surface area contributed by atoms with Crippen molar-refractivity contribution in [2.45, 2.75) is 206 Å². The number of unbranched alkanes of at least 4 members (excludes halogenated alkanes) is 24. The summed E-state index contributed by atoms with van der Waals surface area (Å²) in [6, 6.07) is 7.81. The van der Waals surface area contributed by atoms with Crippen molar-refractivity contribution < 1.29 is 4.74 Å². The molecule has 0 radical (unpaired) electrons. The van der Waals surface area contributed by atoms with Crippen molar-refractivity contribution >= 4 is 23.8 Å². The molecule has 0 saturated carbocycles. The topological polar surface area (TPSA) is 59.7 Å². The summed E-state index contributed by atoms with van der Waals surface area (Å²) in [5.74, 6) is 0. The number of hydrogen-bond acceptors (Lipinski definition) is 5. The SMILES string of the molecule is CCCCCCCCCCCCCCCC(C=Nc1ccncc1)OC(C=Nc1ccncc1)CCCCCCCCCCCCCCC. The average Bonchev–Trinajstić information content (AvgIpc) is 3.13. The highest BCUT2D eigenvalue weighted by molar-refractivity contribution is 5.70. The molecule has 5 heteroatoms. The van der Waals surface area contributed by atoms with E-state index in [1.807, 2.05) is 36.7 Å². The first-order chi connectivity index (χ1) is 24.3. The molecule has 0 fully saturated rings. The lowest BCUT2D eigenvalue weighted by atomic mass is 10.0. The summed E-state index contributed by atoms with van der Waals surface area (Å²) in [5, 5.41) is 0. The van der Waals surface area contributed by atoms with E-state index in [4.69, 9.17) is 14.7 Å². The van der Waals surface area contributed by atoms with E-state index in [1.54, 1.807) is 24.8 Å². The van der Waals surface area contributed by atoms with Crippen LogP contribution in [0, 0.1) is 0 Å². The van der Waals surface area contributed by atoms with E-state index >= 15 is 0 Å². The van der Waals surface area contributed by atoms with Crippen LogP contribution in [0.3, 0.4) is 0 Å². The van der Waals surface area contributed by atoms with Crippen molar-refractivity contribution in [3.05, 3.63) is 49.1 Å². The smallest absolute Gasteiger partial charge is 0.0935 e. The molecule has 0 aliphatic heterocycles. The largest absolute Gasteiger partial charge is 0.364 e. The van der Waals surface area contributed by atoms with Gasteiger partial charge in [0.15, 0.2) is 0 Å². The normalized spacial score (nSPS) is 13.1. The number of aliphatic imine (C=N–C) groups is 2. The second-order valence-electron chi connectivity index (χ2n) is 14.2. The Morgan fingerprint density at radius 1 is 0.429 bits per heavy atom. The van der Waals surface area contributed by atoms with Gasteiger partial charge >= 0.3 is 0 Å². The van der Waals surface area contributed by atoms with Crippen LogP contribution in [-0.2, 0) is 4.74 Å². The number of aromatic nitrogens is 2. The van der Waals surface area contributed by atoms with Crippen LogP contribution in [0.1, 0.15) is 194 Å². The molecule has 0 spiro atoms. The molecule has 2 heterocycles. The summed E-state index contributed by atoms with van der Waals surface area (Å²) in [5.41, 5.74) is 1.85. The Morgan fingerprint density at radius 3 is 0.980 bits per heavy atom. The first-order valence-corrected chi connectivity index (χ1v) is 20.9. The molecule has 0 aromatic carbocycles. The molecular weight excluding hydrogens is 601 g/mol. The van der Waals surface area contributed by atoms with E-state index in [0.29, 0.717) is 0 Å². The van der Waals surface area contributed by atoms with Crippen molar-refractivity contribution in [2.75, 3.05) is 0 Å². The molecule has 0 amide bonds. The maximum atomic E-state index is 6.78. The van der Waals surface area contributed by atoms with Gasteiger partial charge in [-0.15, -0.1) is 0 Å². The van der Waals surface area contributed by atoms with Crippen LogP contribution >= 0.6 is 0 Å². The fourth-order valence-electron chi connectivity index (χ4n) is 6.51. The van der Waals surface area contributed by atoms with Crippen molar-refractivity contribution in [1.29, 1.82) is 0 Å². The van der Waals surface area contributed by atoms with Crippen LogP contribution in [0.5, 0.6) is 0 Å². The van der Waals surface area contributed by atoms with E-state index in [0.717, 1.165) is 37.1 Å². The first-order valence-electron chi connectivity index (χ1n) is 20.9. The number of rotatable bonds is 34. The van der Waals surface area contributed by atoms with Gasteiger partial charge < -0.3 is 4.74 Å². The molecule has 0 aliphatic rings. The highest BCUT2D eigenvalue weighted by Gasteiger charge is 2.14. The third-order valence-corrected chi connectivity index (χ3v) is 9.64. The number of ether oxygens (including phenoxy) is 1. The van der Waals surface area contributed by atoms with Gasteiger partial charge in [-0.25, -0.2) is 0 Å². The Balaban J connectivity index is 1.78. The van der Waals surface area contributed by atoms with Crippen molar-refractivity contribution in [3.63, 3.8) is 0 Å². The average molecular weight is 675 g/mol. The zero-order valence-corrected chi connectivity index (χ0v) is 31.9. The lowest BCUT2D eigenvalue weighted by Crippen LogP contribution is -2.25. The highest BCUT2D eigenvalue weighted by Crippen LogP contribution is 2.19. The second-order valence-corrected chi connectivity index (χ2v) is 14.2. The van der Waals surface area contributed by atoms with Gasteiger partial charge in [0, 0.05) is 37.2 Å². The first kappa shape index (κ1) is 42.8. The van der Waals surface area contributed by atoms with E-state index in [2.05, 4.69) is 23.8 Å². The lowest BCUT2D eigenvalue weighted by Gasteiger charge is -2.20. The van der Waals surface area contributed by atoms with Gasteiger partial charge in [0.25, 0.3) is 0 Å². The number of hydrogen-bond donors (Lipinski definition) is 0. The van der Waals surface area contributed by atoms with Gasteiger partial charge in [0.1, 0.15) is 0 Å². The molecular formula is C44H74N4O. The summed E-state index contributed by atoms with van der Waals surface area (Å²) < 4.78 is 6.78. The van der Waals surface area contributed by atoms with E-state index in [-0.39, 0.29) is 12.2 Å². The fraction of sp³-hybridized carbons (Fsp3) is 0.727. The van der Waals surface area contributed by atoms with E-state index in [1.165, 1.54) is 154 Å². The lowest BCUT2D eigenvalue weighted by molar-refractivity contribution is 0.0571. The van der Waals surface area contributed by atoms with Gasteiger partial charge in [0.05, 0.1) is 23.6 Å². The standard InChI is InChI=1S/C44H74N4O/c1-3-5-7-9-11-13-15-17-19-21-23-25-27-29-43(39-47-41-31-35-45-36-32-41)49-44(40-48-42-33-37-46-38-34-42)30-28-26-24-22-20-18-16-14-12-10-8-6-4-2/h31-40,43-44H,3-30H2,1-2H3. The monoisotopic (exact) mass is 675 g/mol. The van der Waals surface area contributed by atoms with Gasteiger partial charge in [-0.1, -0.05) is 181 Å². The Bertz CT molecular complexity index is 931. The molecule has 5 nitrogen and oxygen atoms in total. The minimum Gasteiger partial charge on any atom is -0.364 e. The molecule has 2 unspecified atom stereocenters. The van der Waals surface area contributed by atoms with E-state index < -0.39 is 0 Å². The third kappa shape index (κ3) is 26.1. The number of pyridine rings is 2. The Kier molecular flexibility index (Phi) is 28.6. The van der Waals surface area contributed by atoms with Gasteiger partial charge in [-0.05, 0) is 37.1 Å². The third-order valence-electron chi connectivity index (χ3n) is 9.64. The molecule has 2 aromatic heterocycles. The maximum Gasteiger partial charge on any atom is 0.0935 e. The summed E-state index contributed by atoms with van der Waals surface area (Å²) in [4.78, 5) is 17.9. The second kappa shape index (κ2) is 32.8. The quantitative estimate of drug-likeness (QED) is 0.0548. The Morgan fingerprint density at radius 2 is 0.694 bits per heavy atom. The predicted octanol–water partition coefficient (Wildman–Crippen LogP) is 14.3. The molecule has 2 atom stereocenters. The number of nitrogens with zero attached hydrogens (tertiary/aromatic N) is 4. The van der Waals surface area contributed by atoms with Crippen LogP contribution in [-0.4, -0.2) is 34.6 Å².